The molecule has 0 spiro atoms. The summed E-state index contributed by atoms with van der Waals surface area (Å²) in [6, 6.07) is 8.70. The first-order valence-electron chi connectivity index (χ1n) is 7.37. The van der Waals surface area contributed by atoms with Gasteiger partial charge in [0.25, 0.3) is 5.91 Å². The minimum Gasteiger partial charge on any atom is -0.452 e. The predicted octanol–water partition coefficient (Wildman–Crippen LogP) is 2.70. The van der Waals surface area contributed by atoms with Crippen LogP contribution in [0.5, 0.6) is 0 Å². The lowest BCUT2D eigenvalue weighted by atomic mass is 10.1. The minimum absolute atomic E-state index is 0.0583. The summed E-state index contributed by atoms with van der Waals surface area (Å²) in [5.74, 6) is -1.30. The zero-order valence-electron chi connectivity index (χ0n) is 13.5. The number of carbonyl (C=O) groups is 2. The van der Waals surface area contributed by atoms with Crippen LogP contribution < -0.4 is 5.32 Å². The van der Waals surface area contributed by atoms with E-state index in [0.29, 0.717) is 33.5 Å². The number of hydrogen-bond donors (Lipinski definition) is 1. The Kier molecular flexibility index (Phi) is 4.85. The summed E-state index contributed by atoms with van der Waals surface area (Å²) in [6.45, 7) is 1.22. The summed E-state index contributed by atoms with van der Waals surface area (Å²) >= 11 is 0.713. The van der Waals surface area contributed by atoms with Crippen LogP contribution in [0.25, 0.3) is 10.9 Å². The number of benzene rings is 1. The lowest BCUT2D eigenvalue weighted by Gasteiger charge is -2.08. The minimum atomic E-state index is -0.660. The number of rotatable bonds is 5. The van der Waals surface area contributed by atoms with E-state index in [2.05, 4.69) is 15.3 Å². The van der Waals surface area contributed by atoms with Crippen LogP contribution in [-0.4, -0.2) is 33.4 Å². The molecule has 9 nitrogen and oxygen atoms in total. The summed E-state index contributed by atoms with van der Waals surface area (Å²) < 4.78 is 5.04. The number of nitrogens with zero attached hydrogens (tertiary/aromatic N) is 3. The van der Waals surface area contributed by atoms with Crippen LogP contribution >= 0.6 is 11.3 Å². The van der Waals surface area contributed by atoms with Gasteiger partial charge in [-0.25, -0.2) is 9.78 Å². The van der Waals surface area contributed by atoms with Crippen LogP contribution in [0, 0.1) is 17.0 Å². The number of amides is 1. The van der Waals surface area contributed by atoms with E-state index in [9.17, 15) is 19.7 Å². The Morgan fingerprint density at radius 3 is 2.85 bits per heavy atom. The van der Waals surface area contributed by atoms with Gasteiger partial charge in [0.15, 0.2) is 11.7 Å². The molecule has 2 aromatic heterocycles. The van der Waals surface area contributed by atoms with Crippen LogP contribution in [0.2, 0.25) is 0 Å². The standard InChI is InChI=1S/C16H12N4O5S/c1-9-6-11(10-4-2-3-5-12(10)18-9)15(22)25-8-13(21)19-16-17-7-14(26-16)20(23)24/h2-7H,8H2,1H3,(H,17,19,21). The molecule has 0 unspecified atom stereocenters. The molecular formula is C16H12N4O5S. The Hall–Kier alpha value is -3.40. The maximum Gasteiger partial charge on any atom is 0.345 e. The van der Waals surface area contributed by atoms with Crippen LogP contribution in [0.15, 0.2) is 36.5 Å². The smallest absolute Gasteiger partial charge is 0.345 e. The Morgan fingerprint density at radius 2 is 2.12 bits per heavy atom. The second-order valence-corrected chi connectivity index (χ2v) is 6.22. The number of hydrogen-bond acceptors (Lipinski definition) is 8. The highest BCUT2D eigenvalue weighted by molar-refractivity contribution is 7.18. The molecule has 1 N–H and O–H groups in total. The summed E-state index contributed by atoms with van der Waals surface area (Å²) in [5.41, 5.74) is 1.61. The molecule has 3 rings (SSSR count). The molecule has 3 aromatic rings. The van der Waals surface area contributed by atoms with E-state index in [1.807, 2.05) is 6.07 Å². The Balaban J connectivity index is 1.67. The molecule has 26 heavy (non-hydrogen) atoms. The Morgan fingerprint density at radius 1 is 1.35 bits per heavy atom. The first-order chi connectivity index (χ1) is 12.4. The number of ether oxygens (including phenoxy) is 1. The number of pyridine rings is 1. The lowest BCUT2D eigenvalue weighted by molar-refractivity contribution is -0.380. The van der Waals surface area contributed by atoms with Gasteiger partial charge in [0, 0.05) is 11.1 Å². The molecule has 0 saturated heterocycles. The summed E-state index contributed by atoms with van der Waals surface area (Å²) in [5, 5.41) is 13.4. The number of fused-ring (bicyclic) bond motifs is 1. The van der Waals surface area contributed by atoms with Crippen LogP contribution in [0.4, 0.5) is 10.1 Å². The van der Waals surface area contributed by atoms with Gasteiger partial charge in [0.1, 0.15) is 6.20 Å². The first-order valence-corrected chi connectivity index (χ1v) is 8.19. The highest BCUT2D eigenvalue weighted by atomic mass is 32.1. The largest absolute Gasteiger partial charge is 0.452 e. The van der Waals surface area contributed by atoms with Crippen molar-refractivity contribution in [2.24, 2.45) is 0 Å². The summed E-state index contributed by atoms with van der Waals surface area (Å²) in [7, 11) is 0. The van der Waals surface area contributed by atoms with Gasteiger partial charge in [-0.15, -0.1) is 0 Å². The van der Waals surface area contributed by atoms with Gasteiger partial charge in [-0.1, -0.05) is 18.2 Å². The number of esters is 1. The average molecular weight is 372 g/mol. The van der Waals surface area contributed by atoms with Gasteiger partial charge in [-0.3, -0.25) is 25.2 Å². The molecule has 0 fully saturated rings. The van der Waals surface area contributed by atoms with Crippen molar-refractivity contribution in [3.8, 4) is 0 Å². The number of nitrogens with one attached hydrogen (secondary N) is 1. The molecule has 1 amide bonds. The van der Waals surface area contributed by atoms with Gasteiger partial charge in [-0.2, -0.15) is 0 Å². The van der Waals surface area contributed by atoms with Crippen molar-refractivity contribution in [1.29, 1.82) is 0 Å². The topological polar surface area (TPSA) is 124 Å². The third kappa shape index (κ3) is 3.81. The molecule has 0 aliphatic rings. The van der Waals surface area contributed by atoms with Crippen molar-refractivity contribution in [2.75, 3.05) is 11.9 Å². The van der Waals surface area contributed by atoms with E-state index in [0.717, 1.165) is 6.20 Å². The number of aryl methyl sites for hydroxylation is 1. The monoisotopic (exact) mass is 372 g/mol. The highest BCUT2D eigenvalue weighted by Gasteiger charge is 2.17. The van der Waals surface area contributed by atoms with Crippen LogP contribution in [0.1, 0.15) is 16.1 Å². The van der Waals surface area contributed by atoms with Gasteiger partial charge >= 0.3 is 11.0 Å². The van der Waals surface area contributed by atoms with Crippen molar-refractivity contribution in [1.82, 2.24) is 9.97 Å². The third-order valence-electron chi connectivity index (χ3n) is 3.32. The van der Waals surface area contributed by atoms with E-state index in [1.54, 1.807) is 31.2 Å². The molecule has 0 saturated carbocycles. The number of thiazole rings is 1. The van der Waals surface area contributed by atoms with Gasteiger partial charge in [0.05, 0.1) is 16.0 Å². The van der Waals surface area contributed by atoms with E-state index in [1.165, 1.54) is 0 Å². The predicted molar refractivity (Wildman–Crippen MR) is 94.2 cm³/mol. The molecule has 10 heteroatoms. The Bertz CT molecular complexity index is 1020. The van der Waals surface area contributed by atoms with Gasteiger partial charge in [0.2, 0.25) is 0 Å². The second kappa shape index (κ2) is 7.23. The van der Waals surface area contributed by atoms with E-state index >= 15 is 0 Å². The normalized spacial score (nSPS) is 10.5. The van der Waals surface area contributed by atoms with Crippen molar-refractivity contribution in [2.45, 2.75) is 6.92 Å². The van der Waals surface area contributed by atoms with Crippen molar-refractivity contribution >= 4 is 44.2 Å². The van der Waals surface area contributed by atoms with E-state index in [4.69, 9.17) is 4.74 Å². The fraction of sp³-hybridized carbons (Fsp3) is 0.125. The number of carbonyl (C=O) groups excluding carboxylic acids is 2. The highest BCUT2D eigenvalue weighted by Crippen LogP contribution is 2.25. The van der Waals surface area contributed by atoms with Crippen molar-refractivity contribution in [3.05, 3.63) is 57.9 Å². The lowest BCUT2D eigenvalue weighted by Crippen LogP contribution is -2.21. The summed E-state index contributed by atoms with van der Waals surface area (Å²) in [6.07, 6.45) is 1.04. The van der Waals surface area contributed by atoms with Crippen LogP contribution in [-0.2, 0) is 9.53 Å². The maximum atomic E-state index is 12.3. The molecular weight excluding hydrogens is 360 g/mol. The second-order valence-electron chi connectivity index (χ2n) is 5.21. The molecule has 132 valence electrons. The molecule has 1 aromatic carbocycles. The van der Waals surface area contributed by atoms with Gasteiger partial charge in [-0.05, 0) is 30.4 Å². The SMILES string of the molecule is Cc1cc(C(=O)OCC(=O)Nc2ncc([N+](=O)[O-])s2)c2ccccc2n1. The summed E-state index contributed by atoms with van der Waals surface area (Å²) in [4.78, 5) is 42.2. The molecule has 0 radical (unpaired) electrons. The van der Waals surface area contributed by atoms with Gasteiger partial charge < -0.3 is 4.74 Å². The number of anilines is 1. The number of para-hydroxylation sites is 1. The Labute approximate surface area is 150 Å². The third-order valence-corrected chi connectivity index (χ3v) is 4.18. The maximum absolute atomic E-state index is 12.3. The van der Waals surface area contributed by atoms with Crippen molar-refractivity contribution < 1.29 is 19.2 Å². The number of nitro groups is 1. The first kappa shape index (κ1) is 17.4. The van der Waals surface area contributed by atoms with Crippen LogP contribution in [0.3, 0.4) is 0 Å². The number of aromatic nitrogens is 2. The zero-order chi connectivity index (χ0) is 18.7. The van der Waals surface area contributed by atoms with Crippen molar-refractivity contribution in [3.63, 3.8) is 0 Å². The van der Waals surface area contributed by atoms with E-state index in [-0.39, 0.29) is 10.1 Å². The van der Waals surface area contributed by atoms with E-state index < -0.39 is 23.4 Å². The molecule has 0 aliphatic heterocycles. The fourth-order valence-electron chi connectivity index (χ4n) is 2.25. The average Bonchev–Trinajstić information content (AvgIpc) is 3.07. The molecule has 2 heterocycles. The zero-order valence-corrected chi connectivity index (χ0v) is 14.3. The molecule has 0 atom stereocenters. The quantitative estimate of drug-likeness (QED) is 0.415. The molecule has 0 bridgehead atoms. The fourth-order valence-corrected chi connectivity index (χ4v) is 2.90. The molecule has 0 aliphatic carbocycles.